The van der Waals surface area contributed by atoms with Gasteiger partial charge in [0, 0.05) is 26.3 Å². The van der Waals surface area contributed by atoms with Crippen molar-refractivity contribution in [3.63, 3.8) is 0 Å². The lowest BCUT2D eigenvalue weighted by Crippen LogP contribution is -2.29. The van der Waals surface area contributed by atoms with Gasteiger partial charge in [-0.1, -0.05) is 0 Å². The van der Waals surface area contributed by atoms with E-state index in [1.165, 1.54) is 23.9 Å². The molecule has 0 aliphatic carbocycles. The van der Waals surface area contributed by atoms with Crippen LogP contribution in [0.25, 0.3) is 0 Å². The largest absolute Gasteiger partial charge is 0.481 e. The lowest BCUT2D eigenvalue weighted by Gasteiger charge is -2.14. The van der Waals surface area contributed by atoms with E-state index >= 15 is 0 Å². The first kappa shape index (κ1) is 14.5. The van der Waals surface area contributed by atoms with Gasteiger partial charge in [0.15, 0.2) is 0 Å². The fourth-order valence-electron chi connectivity index (χ4n) is 2.22. The van der Waals surface area contributed by atoms with E-state index in [1.807, 2.05) is 0 Å². The van der Waals surface area contributed by atoms with Crippen LogP contribution in [-0.4, -0.2) is 47.4 Å². The summed E-state index contributed by atoms with van der Waals surface area (Å²) in [5, 5.41) is 8.90. The Hall–Kier alpha value is -1.87. The van der Waals surface area contributed by atoms with Crippen molar-refractivity contribution >= 4 is 21.9 Å². The number of sulfonamides is 1. The number of aromatic nitrogens is 1. The number of primary amides is 1. The summed E-state index contributed by atoms with van der Waals surface area (Å²) < 4.78 is 27.2. The van der Waals surface area contributed by atoms with Crippen LogP contribution in [-0.2, 0) is 21.9 Å². The number of hydrogen-bond acceptors (Lipinski definition) is 4. The Kier molecular flexibility index (Phi) is 3.57. The van der Waals surface area contributed by atoms with Crippen LogP contribution in [0.2, 0.25) is 0 Å². The Balaban J connectivity index is 2.30. The molecule has 9 heteroatoms. The minimum Gasteiger partial charge on any atom is -0.481 e. The number of rotatable bonds is 4. The highest BCUT2D eigenvalue weighted by atomic mass is 32.2. The van der Waals surface area contributed by atoms with Gasteiger partial charge in [-0.2, -0.15) is 4.31 Å². The van der Waals surface area contributed by atoms with E-state index in [0.717, 1.165) is 4.31 Å². The number of nitrogens with zero attached hydrogens (tertiary/aromatic N) is 2. The summed E-state index contributed by atoms with van der Waals surface area (Å²) in [5.41, 5.74) is 5.22. The molecule has 110 valence electrons. The minimum atomic E-state index is -3.80. The van der Waals surface area contributed by atoms with Gasteiger partial charge in [0.2, 0.25) is 10.0 Å². The molecule has 0 spiro atoms. The molecular formula is C11H15N3O5S. The van der Waals surface area contributed by atoms with Crippen LogP contribution in [0.15, 0.2) is 17.2 Å². The second-order valence-corrected chi connectivity index (χ2v) is 6.66. The van der Waals surface area contributed by atoms with Crippen molar-refractivity contribution in [2.75, 3.05) is 13.1 Å². The minimum absolute atomic E-state index is 0.0557. The molecule has 1 saturated heterocycles. The zero-order chi connectivity index (χ0) is 15.1. The molecule has 0 unspecified atom stereocenters. The lowest BCUT2D eigenvalue weighted by molar-refractivity contribution is -0.141. The van der Waals surface area contributed by atoms with Gasteiger partial charge in [0.05, 0.1) is 5.92 Å². The highest BCUT2D eigenvalue weighted by molar-refractivity contribution is 7.89. The van der Waals surface area contributed by atoms with Crippen LogP contribution in [0.1, 0.15) is 16.9 Å². The number of aryl methyl sites for hydroxylation is 1. The van der Waals surface area contributed by atoms with Gasteiger partial charge < -0.3 is 15.4 Å². The third kappa shape index (κ3) is 2.41. The van der Waals surface area contributed by atoms with E-state index in [9.17, 15) is 18.0 Å². The number of carbonyl (C=O) groups is 2. The molecule has 1 aliphatic rings. The predicted molar refractivity (Wildman–Crippen MR) is 68.4 cm³/mol. The molecule has 0 radical (unpaired) electrons. The van der Waals surface area contributed by atoms with Crippen molar-refractivity contribution in [2.24, 2.45) is 18.7 Å². The molecule has 1 aromatic heterocycles. The van der Waals surface area contributed by atoms with Gasteiger partial charge >= 0.3 is 5.97 Å². The lowest BCUT2D eigenvalue weighted by atomic mass is 10.1. The monoisotopic (exact) mass is 301 g/mol. The average molecular weight is 301 g/mol. The summed E-state index contributed by atoms with van der Waals surface area (Å²) in [6, 6.07) is 1.20. The normalized spacial score (nSPS) is 20.1. The second kappa shape index (κ2) is 4.91. The third-order valence-corrected chi connectivity index (χ3v) is 5.20. The quantitative estimate of drug-likeness (QED) is 0.755. The molecule has 2 rings (SSSR count). The highest BCUT2D eigenvalue weighted by Gasteiger charge is 2.36. The molecule has 1 fully saturated rings. The zero-order valence-corrected chi connectivity index (χ0v) is 11.6. The maximum Gasteiger partial charge on any atom is 0.307 e. The number of hydrogen-bond donors (Lipinski definition) is 2. The number of carbonyl (C=O) groups excluding carboxylic acids is 1. The average Bonchev–Trinajstić information content (AvgIpc) is 2.94. The Labute approximate surface area is 115 Å². The van der Waals surface area contributed by atoms with E-state index in [2.05, 4.69) is 0 Å². The highest BCUT2D eigenvalue weighted by Crippen LogP contribution is 2.25. The molecule has 1 amide bonds. The number of amides is 1. The van der Waals surface area contributed by atoms with Crippen LogP contribution >= 0.6 is 0 Å². The van der Waals surface area contributed by atoms with Crippen molar-refractivity contribution in [1.29, 1.82) is 0 Å². The summed E-state index contributed by atoms with van der Waals surface area (Å²) in [6.07, 6.45) is 1.58. The molecule has 0 bridgehead atoms. The number of nitrogens with two attached hydrogens (primary N) is 1. The summed E-state index contributed by atoms with van der Waals surface area (Å²) >= 11 is 0. The smallest absolute Gasteiger partial charge is 0.307 e. The number of carboxylic acid groups (broad SMARTS) is 1. The van der Waals surface area contributed by atoms with Crippen molar-refractivity contribution < 1.29 is 23.1 Å². The SMILES string of the molecule is Cn1cc(S(=O)(=O)N2CC[C@H](C(=O)O)C2)cc1C(N)=O. The number of carboxylic acids is 1. The molecule has 20 heavy (non-hydrogen) atoms. The van der Waals surface area contributed by atoms with Crippen molar-refractivity contribution in [2.45, 2.75) is 11.3 Å². The Bertz CT molecular complexity index is 664. The fraction of sp³-hybridized carbons (Fsp3) is 0.455. The Morgan fingerprint density at radius 2 is 2.10 bits per heavy atom. The second-order valence-electron chi connectivity index (χ2n) is 4.72. The van der Waals surface area contributed by atoms with Crippen LogP contribution in [0.3, 0.4) is 0 Å². The molecule has 3 N–H and O–H groups in total. The van der Waals surface area contributed by atoms with Gasteiger partial charge in [0.25, 0.3) is 5.91 Å². The van der Waals surface area contributed by atoms with Crippen LogP contribution in [0.5, 0.6) is 0 Å². The molecule has 8 nitrogen and oxygen atoms in total. The maximum absolute atomic E-state index is 12.4. The number of aliphatic carboxylic acids is 1. The topological polar surface area (TPSA) is 123 Å². The van der Waals surface area contributed by atoms with Gasteiger partial charge in [0.1, 0.15) is 10.6 Å². The molecule has 0 saturated carbocycles. The maximum atomic E-state index is 12.4. The van der Waals surface area contributed by atoms with E-state index < -0.39 is 27.8 Å². The first-order valence-corrected chi connectivity index (χ1v) is 7.36. The van der Waals surface area contributed by atoms with Crippen LogP contribution in [0.4, 0.5) is 0 Å². The molecule has 2 heterocycles. The molecule has 1 atom stereocenters. The standard InChI is InChI=1S/C11H15N3O5S/c1-13-6-8(4-9(13)10(12)15)20(18,19)14-3-2-7(5-14)11(16)17/h4,6-7H,2-3,5H2,1H3,(H2,12,15)(H,16,17)/t7-/m0/s1. The summed E-state index contributed by atoms with van der Waals surface area (Å²) in [7, 11) is -2.28. The van der Waals surface area contributed by atoms with E-state index in [-0.39, 0.29) is 30.1 Å². The van der Waals surface area contributed by atoms with Gasteiger partial charge in [-0.3, -0.25) is 9.59 Å². The summed E-state index contributed by atoms with van der Waals surface area (Å²) in [6.45, 7) is 0.0958. The van der Waals surface area contributed by atoms with E-state index in [1.54, 1.807) is 0 Å². The third-order valence-electron chi connectivity index (χ3n) is 3.37. The molecule has 1 aliphatic heterocycles. The molecular weight excluding hydrogens is 286 g/mol. The predicted octanol–water partition coefficient (Wildman–Crippen LogP) is -0.781. The molecule has 1 aromatic rings. The van der Waals surface area contributed by atoms with Gasteiger partial charge in [-0.15, -0.1) is 0 Å². The first-order chi connectivity index (χ1) is 9.23. The van der Waals surface area contributed by atoms with E-state index in [4.69, 9.17) is 10.8 Å². The van der Waals surface area contributed by atoms with Gasteiger partial charge in [-0.25, -0.2) is 8.42 Å². The molecule has 0 aromatic carbocycles. The zero-order valence-electron chi connectivity index (χ0n) is 10.8. The van der Waals surface area contributed by atoms with Crippen molar-refractivity contribution in [3.8, 4) is 0 Å². The fourth-order valence-corrected chi connectivity index (χ4v) is 3.79. The van der Waals surface area contributed by atoms with Crippen molar-refractivity contribution in [1.82, 2.24) is 8.87 Å². The first-order valence-electron chi connectivity index (χ1n) is 5.92. The Morgan fingerprint density at radius 1 is 1.45 bits per heavy atom. The van der Waals surface area contributed by atoms with Crippen LogP contribution in [0, 0.1) is 5.92 Å². The van der Waals surface area contributed by atoms with Gasteiger partial charge in [-0.05, 0) is 12.5 Å². The van der Waals surface area contributed by atoms with Crippen LogP contribution < -0.4 is 5.73 Å². The Morgan fingerprint density at radius 3 is 2.55 bits per heavy atom. The van der Waals surface area contributed by atoms with Crippen molar-refractivity contribution in [3.05, 3.63) is 18.0 Å². The summed E-state index contributed by atoms with van der Waals surface area (Å²) in [4.78, 5) is 22.0. The van der Waals surface area contributed by atoms with E-state index in [0.29, 0.717) is 0 Å². The summed E-state index contributed by atoms with van der Waals surface area (Å²) in [5.74, 6) is -2.42.